The number of nitrogens with zero attached hydrogens (tertiary/aromatic N) is 1. The Bertz CT molecular complexity index is 1040. The molecule has 0 spiro atoms. The van der Waals surface area contributed by atoms with E-state index in [0.717, 1.165) is 43.8 Å². The Labute approximate surface area is 218 Å². The number of carbonyl (C=O) groups is 2. The number of unbranched alkanes of at least 4 members (excludes halogenated alkanes) is 1. The maximum Gasteiger partial charge on any atom is 0.253 e. The van der Waals surface area contributed by atoms with Crippen LogP contribution < -0.4 is 16.4 Å². The van der Waals surface area contributed by atoms with Crippen LogP contribution in [0.25, 0.3) is 12.2 Å². The zero-order valence-electron chi connectivity index (χ0n) is 21.1. The minimum absolute atomic E-state index is 0.126. The van der Waals surface area contributed by atoms with Gasteiger partial charge in [0.1, 0.15) is 5.75 Å². The number of phenolic OH excluding ortho intramolecular Hbond substituents is 3. The van der Waals surface area contributed by atoms with E-state index in [1.165, 1.54) is 42.5 Å². The third-order valence-corrected chi connectivity index (χ3v) is 5.51. The van der Waals surface area contributed by atoms with Gasteiger partial charge in [-0.1, -0.05) is 18.2 Å². The summed E-state index contributed by atoms with van der Waals surface area (Å²) in [6, 6.07) is 10.6. The minimum atomic E-state index is -0.489. The Hall–Kier alpha value is -3.66. The Morgan fingerprint density at radius 1 is 0.730 bits per heavy atom. The molecule has 0 bridgehead atoms. The molecule has 2 rings (SSSR count). The van der Waals surface area contributed by atoms with Crippen LogP contribution in [0.3, 0.4) is 0 Å². The van der Waals surface area contributed by atoms with Gasteiger partial charge in [0.2, 0.25) is 0 Å². The van der Waals surface area contributed by atoms with Crippen molar-refractivity contribution in [3.8, 4) is 17.2 Å². The number of amides is 2. The molecule has 2 aromatic carbocycles. The van der Waals surface area contributed by atoms with Crippen molar-refractivity contribution in [1.82, 2.24) is 15.5 Å². The van der Waals surface area contributed by atoms with Gasteiger partial charge in [0.15, 0.2) is 11.5 Å². The summed E-state index contributed by atoms with van der Waals surface area (Å²) in [4.78, 5) is 26.9. The molecule has 0 heterocycles. The van der Waals surface area contributed by atoms with Gasteiger partial charge < -0.3 is 31.7 Å². The first-order valence-corrected chi connectivity index (χ1v) is 12.5. The predicted octanol–water partition coefficient (Wildman–Crippen LogP) is 2.58. The molecule has 0 saturated carbocycles. The molecule has 0 aromatic heterocycles. The van der Waals surface area contributed by atoms with E-state index in [1.807, 2.05) is 0 Å². The highest BCUT2D eigenvalue weighted by molar-refractivity contribution is 6.07. The molecule has 2 amide bonds. The third kappa shape index (κ3) is 11.7. The lowest BCUT2D eigenvalue weighted by Gasteiger charge is -2.18. The number of carbonyl (C=O) groups excluding carboxylic acids is 2. The molecule has 0 unspecified atom stereocenters. The van der Waals surface area contributed by atoms with Gasteiger partial charge in [0.25, 0.3) is 11.8 Å². The van der Waals surface area contributed by atoms with E-state index in [9.17, 15) is 24.9 Å². The van der Waals surface area contributed by atoms with Gasteiger partial charge in [0, 0.05) is 18.7 Å². The summed E-state index contributed by atoms with van der Waals surface area (Å²) < 4.78 is 0. The molecule has 0 aliphatic rings. The molecule has 9 nitrogen and oxygen atoms in total. The quantitative estimate of drug-likeness (QED) is 0.115. The lowest BCUT2D eigenvalue weighted by atomic mass is 10.2. The van der Waals surface area contributed by atoms with Crippen molar-refractivity contribution >= 4 is 24.0 Å². The van der Waals surface area contributed by atoms with Gasteiger partial charge in [-0.25, -0.2) is 0 Å². The topological polar surface area (TPSA) is 148 Å². The lowest BCUT2D eigenvalue weighted by molar-refractivity contribution is -0.138. The zero-order chi connectivity index (χ0) is 26.9. The van der Waals surface area contributed by atoms with Gasteiger partial charge in [-0.15, -0.1) is 0 Å². The van der Waals surface area contributed by atoms with Crippen molar-refractivity contribution in [2.24, 2.45) is 5.73 Å². The number of imide groups is 1. The summed E-state index contributed by atoms with van der Waals surface area (Å²) in [5.41, 5.74) is 6.69. The SMILES string of the molecule is NCCCNCCCCNCCCN(C(=O)/C=C/c1ccc(O)cc1)C(=O)/C=C/c1ccc(O)c(O)c1. The van der Waals surface area contributed by atoms with E-state index in [2.05, 4.69) is 10.6 Å². The average molecular weight is 511 g/mol. The van der Waals surface area contributed by atoms with Crippen LogP contribution in [0, 0.1) is 0 Å². The molecular weight excluding hydrogens is 472 g/mol. The predicted molar refractivity (Wildman–Crippen MR) is 146 cm³/mol. The van der Waals surface area contributed by atoms with Crippen LogP contribution in [0.1, 0.15) is 36.8 Å². The van der Waals surface area contributed by atoms with Crippen LogP contribution >= 0.6 is 0 Å². The monoisotopic (exact) mass is 510 g/mol. The van der Waals surface area contributed by atoms with Crippen molar-refractivity contribution in [3.63, 3.8) is 0 Å². The number of nitrogens with two attached hydrogens (primary N) is 1. The highest BCUT2D eigenvalue weighted by Crippen LogP contribution is 2.25. The molecule has 0 radical (unpaired) electrons. The van der Waals surface area contributed by atoms with Crippen LogP contribution in [0.15, 0.2) is 54.6 Å². The summed E-state index contributed by atoms with van der Waals surface area (Å²) in [5, 5.41) is 35.2. The van der Waals surface area contributed by atoms with E-state index >= 15 is 0 Å². The maximum atomic E-state index is 12.9. The highest BCUT2D eigenvalue weighted by Gasteiger charge is 2.17. The third-order valence-electron chi connectivity index (χ3n) is 5.51. The molecule has 200 valence electrons. The molecule has 0 aliphatic carbocycles. The number of phenols is 3. The maximum absolute atomic E-state index is 12.9. The van der Waals surface area contributed by atoms with Gasteiger partial charge in [-0.2, -0.15) is 0 Å². The summed E-state index contributed by atoms with van der Waals surface area (Å²) >= 11 is 0. The molecule has 37 heavy (non-hydrogen) atoms. The van der Waals surface area contributed by atoms with Crippen molar-refractivity contribution in [1.29, 1.82) is 0 Å². The van der Waals surface area contributed by atoms with Crippen molar-refractivity contribution in [2.45, 2.75) is 25.7 Å². The van der Waals surface area contributed by atoms with E-state index in [-0.39, 0.29) is 23.8 Å². The van der Waals surface area contributed by atoms with Crippen molar-refractivity contribution in [3.05, 3.63) is 65.7 Å². The van der Waals surface area contributed by atoms with E-state index in [4.69, 9.17) is 5.73 Å². The van der Waals surface area contributed by atoms with Crippen LogP contribution in [0.2, 0.25) is 0 Å². The lowest BCUT2D eigenvalue weighted by Crippen LogP contribution is -2.36. The smallest absolute Gasteiger partial charge is 0.253 e. The molecule has 7 N–H and O–H groups in total. The highest BCUT2D eigenvalue weighted by atomic mass is 16.3. The number of benzene rings is 2. The normalized spacial score (nSPS) is 11.4. The number of rotatable bonds is 16. The second kappa shape index (κ2) is 16.9. The fourth-order valence-corrected chi connectivity index (χ4v) is 3.41. The first-order chi connectivity index (χ1) is 17.9. The number of aromatic hydroxyl groups is 3. The minimum Gasteiger partial charge on any atom is -0.508 e. The number of hydrogen-bond donors (Lipinski definition) is 6. The summed E-state index contributed by atoms with van der Waals surface area (Å²) in [7, 11) is 0. The molecular formula is C28H38N4O5. The Balaban J connectivity index is 1.91. The van der Waals surface area contributed by atoms with Crippen molar-refractivity contribution < 1.29 is 24.9 Å². The van der Waals surface area contributed by atoms with E-state index in [1.54, 1.807) is 24.3 Å². The second-order valence-electron chi connectivity index (χ2n) is 8.54. The van der Waals surface area contributed by atoms with Crippen LogP contribution in [0.5, 0.6) is 17.2 Å². The first-order valence-electron chi connectivity index (χ1n) is 12.5. The van der Waals surface area contributed by atoms with E-state index < -0.39 is 11.8 Å². The molecule has 0 fully saturated rings. The average Bonchev–Trinajstić information content (AvgIpc) is 2.89. The summed E-state index contributed by atoms with van der Waals surface area (Å²) in [5.74, 6) is -1.37. The standard InChI is InChI=1S/C28H38N4O5/c29-15-3-18-30-16-1-2-17-31-19-4-20-32(27(36)13-8-22-5-10-24(33)11-6-22)28(37)14-9-23-7-12-25(34)26(35)21-23/h5-14,21,30-31,33-35H,1-4,15-20,29H2/b13-8+,14-9+. The molecule has 0 atom stereocenters. The van der Waals surface area contributed by atoms with Gasteiger partial charge in [-0.3, -0.25) is 14.5 Å². The van der Waals surface area contributed by atoms with Crippen LogP contribution in [-0.4, -0.2) is 71.3 Å². The Morgan fingerprint density at radius 3 is 1.86 bits per heavy atom. The molecule has 0 saturated heterocycles. The fourth-order valence-electron chi connectivity index (χ4n) is 3.41. The first kappa shape index (κ1) is 29.6. The molecule has 2 aromatic rings. The number of nitrogens with one attached hydrogen (secondary N) is 2. The summed E-state index contributed by atoms with van der Waals surface area (Å²) in [6.45, 7) is 4.33. The molecule has 0 aliphatic heterocycles. The molecule has 9 heteroatoms. The van der Waals surface area contributed by atoms with Gasteiger partial charge >= 0.3 is 0 Å². The second-order valence-corrected chi connectivity index (χ2v) is 8.54. The van der Waals surface area contributed by atoms with E-state index in [0.29, 0.717) is 30.6 Å². The van der Waals surface area contributed by atoms with Crippen molar-refractivity contribution in [2.75, 3.05) is 39.3 Å². The van der Waals surface area contributed by atoms with Crippen LogP contribution in [-0.2, 0) is 9.59 Å². The largest absolute Gasteiger partial charge is 0.508 e. The Kier molecular flexibility index (Phi) is 13.5. The Morgan fingerprint density at radius 2 is 1.27 bits per heavy atom. The van der Waals surface area contributed by atoms with Gasteiger partial charge in [-0.05, 0) is 106 Å². The van der Waals surface area contributed by atoms with Crippen LogP contribution in [0.4, 0.5) is 0 Å². The number of hydrogen-bond acceptors (Lipinski definition) is 8. The fraction of sp³-hybridized carbons (Fsp3) is 0.357. The zero-order valence-corrected chi connectivity index (χ0v) is 21.1. The summed E-state index contributed by atoms with van der Waals surface area (Å²) in [6.07, 6.45) is 9.30. The van der Waals surface area contributed by atoms with Gasteiger partial charge in [0.05, 0.1) is 0 Å².